The van der Waals surface area contributed by atoms with Crippen LogP contribution in [0, 0.1) is 11.7 Å². The molecule has 3 rings (SSSR count). The molecular formula is C15H16ClFN4O2. The number of benzene rings is 1. The summed E-state index contributed by atoms with van der Waals surface area (Å²) in [4.78, 5) is 12.2. The van der Waals surface area contributed by atoms with Crippen LogP contribution in [0.3, 0.4) is 0 Å². The van der Waals surface area contributed by atoms with Gasteiger partial charge in [0, 0.05) is 12.6 Å². The van der Waals surface area contributed by atoms with Crippen molar-refractivity contribution in [2.24, 2.45) is 5.92 Å². The summed E-state index contributed by atoms with van der Waals surface area (Å²) < 4.78 is 15.1. The zero-order chi connectivity index (χ0) is 16.4. The largest absolute Gasteiger partial charge is 0.396 e. The predicted molar refractivity (Wildman–Crippen MR) is 82.0 cm³/mol. The van der Waals surface area contributed by atoms with Gasteiger partial charge in [0.1, 0.15) is 5.69 Å². The van der Waals surface area contributed by atoms with Crippen molar-refractivity contribution in [1.82, 2.24) is 20.3 Å². The molecule has 1 amide bonds. The summed E-state index contributed by atoms with van der Waals surface area (Å²) in [5.74, 6) is -0.599. The fraction of sp³-hybridized carbons (Fsp3) is 0.400. The number of rotatable bonds is 6. The third kappa shape index (κ3) is 3.51. The highest BCUT2D eigenvalue weighted by atomic mass is 35.5. The van der Waals surface area contributed by atoms with Gasteiger partial charge < -0.3 is 10.4 Å². The third-order valence-corrected chi connectivity index (χ3v) is 4.14. The van der Waals surface area contributed by atoms with E-state index < -0.39 is 5.82 Å². The Kier molecular flexibility index (Phi) is 4.58. The van der Waals surface area contributed by atoms with Crippen molar-refractivity contribution in [2.75, 3.05) is 6.61 Å². The zero-order valence-electron chi connectivity index (χ0n) is 12.2. The Balaban J connectivity index is 1.75. The molecule has 1 fully saturated rings. The number of aliphatic hydroxyl groups is 1. The number of carbonyl (C=O) groups is 1. The monoisotopic (exact) mass is 338 g/mol. The lowest BCUT2D eigenvalue weighted by atomic mass is 10.1. The van der Waals surface area contributed by atoms with Crippen LogP contribution in [0.4, 0.5) is 4.39 Å². The van der Waals surface area contributed by atoms with Crippen molar-refractivity contribution < 1.29 is 14.3 Å². The molecule has 0 radical (unpaired) electrons. The van der Waals surface area contributed by atoms with Gasteiger partial charge in [0.2, 0.25) is 0 Å². The van der Waals surface area contributed by atoms with E-state index in [-0.39, 0.29) is 35.0 Å². The van der Waals surface area contributed by atoms with Gasteiger partial charge in [0.05, 0.1) is 11.2 Å². The van der Waals surface area contributed by atoms with Crippen molar-refractivity contribution in [1.29, 1.82) is 0 Å². The van der Waals surface area contributed by atoms with Crippen LogP contribution in [-0.2, 0) is 0 Å². The molecule has 122 valence electrons. The Morgan fingerprint density at radius 3 is 3.00 bits per heavy atom. The standard InChI is InChI=1S/C15H16ClFN4O2/c16-10-2-1-3-13(14(10)17)21-8-12(19-20-21)15(23)18-11(6-7-22)9-4-5-9/h1-3,8-9,11,22H,4-7H2,(H,18,23). The van der Waals surface area contributed by atoms with Crippen LogP contribution in [0.15, 0.2) is 24.4 Å². The van der Waals surface area contributed by atoms with Crippen LogP contribution in [0.2, 0.25) is 5.02 Å². The number of carbonyl (C=O) groups excluding carboxylic acids is 1. The number of hydrogen-bond donors (Lipinski definition) is 2. The number of nitrogens with one attached hydrogen (secondary N) is 1. The van der Waals surface area contributed by atoms with Gasteiger partial charge in [-0.3, -0.25) is 4.79 Å². The zero-order valence-corrected chi connectivity index (χ0v) is 13.0. The summed E-state index contributed by atoms with van der Waals surface area (Å²) in [7, 11) is 0. The molecule has 1 atom stereocenters. The number of amides is 1. The summed E-state index contributed by atoms with van der Waals surface area (Å²) in [6.45, 7) is 0.0157. The smallest absolute Gasteiger partial charge is 0.273 e. The number of aliphatic hydroxyl groups excluding tert-OH is 1. The van der Waals surface area contributed by atoms with Crippen molar-refractivity contribution in [3.05, 3.63) is 40.9 Å². The second kappa shape index (κ2) is 6.64. The first-order valence-electron chi connectivity index (χ1n) is 7.38. The number of halogens is 2. The van der Waals surface area contributed by atoms with E-state index in [0.717, 1.165) is 12.8 Å². The fourth-order valence-electron chi connectivity index (χ4n) is 2.46. The van der Waals surface area contributed by atoms with E-state index in [9.17, 15) is 9.18 Å². The van der Waals surface area contributed by atoms with Crippen molar-refractivity contribution >= 4 is 17.5 Å². The highest BCUT2D eigenvalue weighted by Crippen LogP contribution is 2.34. The second-order valence-electron chi connectivity index (χ2n) is 5.55. The summed E-state index contributed by atoms with van der Waals surface area (Å²) in [6.07, 6.45) is 3.96. The van der Waals surface area contributed by atoms with Crippen LogP contribution in [0.25, 0.3) is 5.69 Å². The Morgan fingerprint density at radius 1 is 1.52 bits per heavy atom. The Morgan fingerprint density at radius 2 is 2.30 bits per heavy atom. The van der Waals surface area contributed by atoms with Crippen LogP contribution in [0.5, 0.6) is 0 Å². The lowest BCUT2D eigenvalue weighted by Crippen LogP contribution is -2.37. The van der Waals surface area contributed by atoms with Gasteiger partial charge in [0.25, 0.3) is 5.91 Å². The number of aromatic nitrogens is 3. The Labute approximate surface area is 137 Å². The van der Waals surface area contributed by atoms with Gasteiger partial charge in [-0.15, -0.1) is 5.10 Å². The van der Waals surface area contributed by atoms with Crippen molar-refractivity contribution in [3.8, 4) is 5.69 Å². The lowest BCUT2D eigenvalue weighted by molar-refractivity contribution is 0.0919. The lowest BCUT2D eigenvalue weighted by Gasteiger charge is -2.15. The van der Waals surface area contributed by atoms with Gasteiger partial charge in [-0.2, -0.15) is 0 Å². The van der Waals surface area contributed by atoms with Gasteiger partial charge in [-0.25, -0.2) is 9.07 Å². The van der Waals surface area contributed by atoms with Crippen molar-refractivity contribution in [2.45, 2.75) is 25.3 Å². The highest BCUT2D eigenvalue weighted by molar-refractivity contribution is 6.30. The molecule has 23 heavy (non-hydrogen) atoms. The first-order chi connectivity index (χ1) is 11.1. The van der Waals surface area contributed by atoms with Crippen LogP contribution >= 0.6 is 11.6 Å². The van der Waals surface area contributed by atoms with E-state index in [1.54, 1.807) is 6.07 Å². The van der Waals surface area contributed by atoms with Gasteiger partial charge in [-0.1, -0.05) is 22.9 Å². The maximum atomic E-state index is 14.0. The topological polar surface area (TPSA) is 80.0 Å². The van der Waals surface area contributed by atoms with Gasteiger partial charge >= 0.3 is 0 Å². The molecule has 8 heteroatoms. The minimum Gasteiger partial charge on any atom is -0.396 e. The normalized spacial score (nSPS) is 15.4. The molecule has 2 aromatic rings. The quantitative estimate of drug-likeness (QED) is 0.843. The van der Waals surface area contributed by atoms with Crippen LogP contribution < -0.4 is 5.32 Å². The minimum atomic E-state index is -0.623. The summed E-state index contributed by atoms with van der Waals surface area (Å²) in [5.41, 5.74) is 0.214. The Hall–Kier alpha value is -1.99. The average molecular weight is 339 g/mol. The third-order valence-electron chi connectivity index (χ3n) is 3.85. The van der Waals surface area contributed by atoms with E-state index in [1.165, 1.54) is 23.0 Å². The van der Waals surface area contributed by atoms with E-state index in [4.69, 9.17) is 16.7 Å². The maximum Gasteiger partial charge on any atom is 0.273 e. The molecule has 1 saturated carbocycles. The molecule has 1 aromatic heterocycles. The van der Waals surface area contributed by atoms with Gasteiger partial charge in [-0.05, 0) is 37.3 Å². The summed E-state index contributed by atoms with van der Waals surface area (Å²) >= 11 is 5.74. The molecule has 1 heterocycles. The van der Waals surface area contributed by atoms with E-state index >= 15 is 0 Å². The highest BCUT2D eigenvalue weighted by Gasteiger charge is 2.32. The second-order valence-corrected chi connectivity index (χ2v) is 5.96. The molecule has 2 N–H and O–H groups in total. The molecule has 1 aliphatic rings. The first kappa shape index (κ1) is 15.9. The molecule has 0 bridgehead atoms. The molecule has 1 aliphatic carbocycles. The SMILES string of the molecule is O=C(NC(CCO)C1CC1)c1cn(-c2cccc(Cl)c2F)nn1. The summed E-state index contributed by atoms with van der Waals surface area (Å²) in [6, 6.07) is 4.45. The fourth-order valence-corrected chi connectivity index (χ4v) is 2.63. The summed E-state index contributed by atoms with van der Waals surface area (Å²) in [5, 5.41) is 19.5. The number of hydrogen-bond acceptors (Lipinski definition) is 4. The molecule has 0 aliphatic heterocycles. The molecule has 0 saturated heterocycles. The molecule has 1 unspecified atom stereocenters. The predicted octanol–water partition coefficient (Wildman–Crippen LogP) is 1.95. The van der Waals surface area contributed by atoms with Gasteiger partial charge in [0.15, 0.2) is 11.5 Å². The Bertz CT molecular complexity index is 717. The molecular weight excluding hydrogens is 323 g/mol. The number of nitrogens with zero attached hydrogens (tertiary/aromatic N) is 3. The van der Waals surface area contributed by atoms with E-state index in [0.29, 0.717) is 12.3 Å². The molecule has 6 nitrogen and oxygen atoms in total. The van der Waals surface area contributed by atoms with E-state index in [2.05, 4.69) is 15.6 Å². The molecule has 1 aromatic carbocycles. The van der Waals surface area contributed by atoms with Crippen LogP contribution in [-0.4, -0.2) is 38.7 Å². The minimum absolute atomic E-state index is 0.0157. The average Bonchev–Trinajstić information content (AvgIpc) is 3.26. The van der Waals surface area contributed by atoms with E-state index in [1.807, 2.05) is 0 Å². The van der Waals surface area contributed by atoms with Crippen molar-refractivity contribution in [3.63, 3.8) is 0 Å². The van der Waals surface area contributed by atoms with Crippen LogP contribution in [0.1, 0.15) is 29.8 Å². The first-order valence-corrected chi connectivity index (χ1v) is 7.76. The maximum absolute atomic E-state index is 14.0. The molecule has 0 spiro atoms.